The average molecular weight is 231 g/mol. The average Bonchev–Trinajstić information content (AvgIpc) is 2.20. The van der Waals surface area contributed by atoms with Gasteiger partial charge in [0, 0.05) is 6.42 Å². The number of benzene rings is 1. The van der Waals surface area contributed by atoms with Gasteiger partial charge in [0.05, 0.1) is 7.11 Å². The molecule has 0 bridgehead atoms. The first-order chi connectivity index (χ1) is 6.95. The molecule has 1 aromatic rings. The summed E-state index contributed by atoms with van der Waals surface area (Å²) in [7, 11) is 1.29. The lowest BCUT2D eigenvalue weighted by Crippen LogP contribution is -2.32. The second-order valence-corrected chi connectivity index (χ2v) is 4.33. The largest absolute Gasteiger partial charge is 0.468 e. The molecule has 0 fully saturated rings. The number of rotatable bonds is 3. The number of halogens is 2. The number of alkyl halides is 1. The molecule has 0 radical (unpaired) electrons. The van der Waals surface area contributed by atoms with Crippen LogP contribution >= 0.6 is 11.6 Å². The third-order valence-corrected chi connectivity index (χ3v) is 2.35. The monoisotopic (exact) mass is 230 g/mol. The second-order valence-electron chi connectivity index (χ2n) is 3.49. The number of esters is 1. The van der Waals surface area contributed by atoms with E-state index in [4.69, 9.17) is 11.6 Å². The highest BCUT2D eigenvalue weighted by Crippen LogP contribution is 2.22. The number of ether oxygens (including phenoxy) is 1. The molecule has 1 aromatic carbocycles. The van der Waals surface area contributed by atoms with Gasteiger partial charge in [-0.1, -0.05) is 12.1 Å². The molecule has 0 aliphatic carbocycles. The molecule has 0 N–H and O–H groups in total. The minimum atomic E-state index is -1.10. The molecule has 0 saturated heterocycles. The highest BCUT2D eigenvalue weighted by Gasteiger charge is 2.31. The first-order valence-electron chi connectivity index (χ1n) is 4.47. The molecule has 1 unspecified atom stereocenters. The van der Waals surface area contributed by atoms with E-state index in [1.54, 1.807) is 19.1 Å². The van der Waals surface area contributed by atoms with Crippen molar-refractivity contribution in [3.8, 4) is 0 Å². The summed E-state index contributed by atoms with van der Waals surface area (Å²) in [6.07, 6.45) is 0.307. The molecule has 0 aromatic heterocycles. The molecule has 15 heavy (non-hydrogen) atoms. The Morgan fingerprint density at radius 3 is 2.47 bits per heavy atom. The van der Waals surface area contributed by atoms with Gasteiger partial charge in [0.25, 0.3) is 0 Å². The molecule has 1 atom stereocenters. The SMILES string of the molecule is COC(=O)C(C)(Cl)Cc1ccc(F)cc1. The van der Waals surface area contributed by atoms with Crippen molar-refractivity contribution in [3.05, 3.63) is 35.6 Å². The van der Waals surface area contributed by atoms with Crippen molar-refractivity contribution < 1.29 is 13.9 Å². The van der Waals surface area contributed by atoms with E-state index >= 15 is 0 Å². The maximum absolute atomic E-state index is 12.6. The fraction of sp³-hybridized carbons (Fsp3) is 0.364. The van der Waals surface area contributed by atoms with Crippen LogP contribution in [-0.2, 0) is 16.0 Å². The third kappa shape index (κ3) is 3.20. The lowest BCUT2D eigenvalue weighted by atomic mass is 10.0. The van der Waals surface area contributed by atoms with Crippen LogP contribution < -0.4 is 0 Å². The van der Waals surface area contributed by atoms with Crippen LogP contribution in [0.2, 0.25) is 0 Å². The highest BCUT2D eigenvalue weighted by atomic mass is 35.5. The van der Waals surface area contributed by atoms with Gasteiger partial charge in [-0.25, -0.2) is 4.39 Å². The first kappa shape index (κ1) is 12.0. The Hall–Kier alpha value is -1.09. The van der Waals surface area contributed by atoms with Crippen LogP contribution in [-0.4, -0.2) is 18.0 Å². The van der Waals surface area contributed by atoms with Crippen LogP contribution in [0, 0.1) is 5.82 Å². The number of carbonyl (C=O) groups excluding carboxylic acids is 1. The van der Waals surface area contributed by atoms with Crippen LogP contribution in [0.25, 0.3) is 0 Å². The van der Waals surface area contributed by atoms with Crippen molar-refractivity contribution in [3.63, 3.8) is 0 Å². The van der Waals surface area contributed by atoms with E-state index in [-0.39, 0.29) is 5.82 Å². The molecule has 0 heterocycles. The molecule has 0 spiro atoms. The summed E-state index contributed by atoms with van der Waals surface area (Å²) in [5.41, 5.74) is 0.791. The van der Waals surface area contributed by atoms with Gasteiger partial charge in [0.1, 0.15) is 10.7 Å². The minimum Gasteiger partial charge on any atom is -0.468 e. The summed E-state index contributed by atoms with van der Waals surface area (Å²) < 4.78 is 17.2. The molecular formula is C11H12ClFO2. The summed E-state index contributed by atoms with van der Waals surface area (Å²) in [5.74, 6) is -0.804. The number of methoxy groups -OCH3 is 1. The van der Waals surface area contributed by atoms with Crippen molar-refractivity contribution in [2.24, 2.45) is 0 Å². The summed E-state index contributed by atoms with van der Waals surface area (Å²) in [5, 5.41) is 0. The highest BCUT2D eigenvalue weighted by molar-refractivity contribution is 6.33. The van der Waals surface area contributed by atoms with Crippen molar-refractivity contribution in [2.45, 2.75) is 18.2 Å². The Morgan fingerprint density at radius 1 is 1.47 bits per heavy atom. The predicted molar refractivity (Wildman–Crippen MR) is 56.4 cm³/mol. The van der Waals surface area contributed by atoms with Gasteiger partial charge in [-0.05, 0) is 24.6 Å². The van der Waals surface area contributed by atoms with Crippen LogP contribution in [0.15, 0.2) is 24.3 Å². The second kappa shape index (κ2) is 4.62. The Labute approximate surface area is 93.0 Å². The lowest BCUT2D eigenvalue weighted by molar-refractivity contribution is -0.143. The topological polar surface area (TPSA) is 26.3 Å². The Bertz CT molecular complexity index is 346. The van der Waals surface area contributed by atoms with Gasteiger partial charge in [0.2, 0.25) is 0 Å². The summed E-state index contributed by atoms with van der Waals surface area (Å²) in [6.45, 7) is 1.57. The number of carbonyl (C=O) groups is 1. The Balaban J connectivity index is 2.77. The van der Waals surface area contributed by atoms with Crippen molar-refractivity contribution >= 4 is 17.6 Å². The van der Waals surface area contributed by atoms with Crippen molar-refractivity contribution in [1.82, 2.24) is 0 Å². The van der Waals surface area contributed by atoms with E-state index in [1.807, 2.05) is 0 Å². The van der Waals surface area contributed by atoms with Gasteiger partial charge >= 0.3 is 5.97 Å². The number of hydrogen-bond acceptors (Lipinski definition) is 2. The quantitative estimate of drug-likeness (QED) is 0.589. The van der Waals surface area contributed by atoms with E-state index < -0.39 is 10.8 Å². The van der Waals surface area contributed by atoms with E-state index in [1.165, 1.54) is 19.2 Å². The summed E-state index contributed by atoms with van der Waals surface area (Å²) in [4.78, 5) is 10.2. The van der Waals surface area contributed by atoms with Crippen molar-refractivity contribution in [1.29, 1.82) is 0 Å². The first-order valence-corrected chi connectivity index (χ1v) is 4.85. The zero-order valence-electron chi connectivity index (χ0n) is 8.59. The minimum absolute atomic E-state index is 0.307. The zero-order valence-corrected chi connectivity index (χ0v) is 9.34. The Morgan fingerprint density at radius 2 is 2.00 bits per heavy atom. The molecule has 1 rings (SSSR count). The zero-order chi connectivity index (χ0) is 11.5. The molecule has 0 aliphatic heterocycles. The summed E-state index contributed by atoms with van der Waals surface area (Å²) >= 11 is 5.99. The predicted octanol–water partition coefficient (Wildman–Crippen LogP) is 2.54. The van der Waals surface area contributed by atoms with Crippen molar-refractivity contribution in [2.75, 3.05) is 7.11 Å². The molecule has 82 valence electrons. The van der Waals surface area contributed by atoms with E-state index in [2.05, 4.69) is 4.74 Å². The van der Waals surface area contributed by atoms with E-state index in [9.17, 15) is 9.18 Å². The normalized spacial score (nSPS) is 14.4. The Kier molecular flexibility index (Phi) is 3.69. The molecule has 0 aliphatic rings. The van der Waals surface area contributed by atoms with Crippen LogP contribution in [0.5, 0.6) is 0 Å². The van der Waals surface area contributed by atoms with Gasteiger partial charge in [-0.3, -0.25) is 4.79 Å². The molecule has 0 saturated carbocycles. The van der Waals surface area contributed by atoms with Crippen LogP contribution in [0.3, 0.4) is 0 Å². The van der Waals surface area contributed by atoms with E-state index in [0.717, 1.165) is 5.56 Å². The van der Waals surface area contributed by atoms with Gasteiger partial charge in [0.15, 0.2) is 0 Å². The molecule has 0 amide bonds. The van der Waals surface area contributed by atoms with Crippen LogP contribution in [0.4, 0.5) is 4.39 Å². The molecule has 4 heteroatoms. The maximum Gasteiger partial charge on any atom is 0.326 e. The van der Waals surface area contributed by atoms with Gasteiger partial charge in [-0.15, -0.1) is 11.6 Å². The number of hydrogen-bond donors (Lipinski definition) is 0. The van der Waals surface area contributed by atoms with E-state index in [0.29, 0.717) is 6.42 Å². The van der Waals surface area contributed by atoms with Gasteiger partial charge < -0.3 is 4.74 Å². The fourth-order valence-corrected chi connectivity index (χ4v) is 1.50. The fourth-order valence-electron chi connectivity index (χ4n) is 1.27. The van der Waals surface area contributed by atoms with Crippen LogP contribution in [0.1, 0.15) is 12.5 Å². The smallest absolute Gasteiger partial charge is 0.326 e. The lowest BCUT2D eigenvalue weighted by Gasteiger charge is -2.18. The maximum atomic E-state index is 12.6. The summed E-state index contributed by atoms with van der Waals surface area (Å²) in [6, 6.07) is 5.86. The standard InChI is InChI=1S/C11H12ClFO2/c1-11(12,10(14)15-2)7-8-3-5-9(13)6-4-8/h3-6H,7H2,1-2H3. The molecule has 2 nitrogen and oxygen atoms in total. The molecular weight excluding hydrogens is 219 g/mol. The van der Waals surface area contributed by atoms with Gasteiger partial charge in [-0.2, -0.15) is 0 Å². The third-order valence-electron chi connectivity index (χ3n) is 2.06.